The van der Waals surface area contributed by atoms with Crippen LogP contribution in [0.4, 0.5) is 0 Å². The van der Waals surface area contributed by atoms with Crippen LogP contribution in [-0.2, 0) is 4.79 Å². The van der Waals surface area contributed by atoms with Gasteiger partial charge >= 0.3 is 0 Å². The molecule has 164 valence electrons. The number of hydrogen-bond donors (Lipinski definition) is 1. The molecule has 1 aliphatic rings. The number of carbonyl (C=O) groups excluding carboxylic acids is 1. The highest BCUT2D eigenvalue weighted by Crippen LogP contribution is 2.18. The lowest BCUT2D eigenvalue weighted by Gasteiger charge is -2.34. The van der Waals surface area contributed by atoms with E-state index >= 15 is 0 Å². The van der Waals surface area contributed by atoms with Crippen molar-refractivity contribution in [2.45, 2.75) is 98.4 Å². The van der Waals surface area contributed by atoms with Gasteiger partial charge in [-0.3, -0.25) is 4.79 Å². The molecule has 1 N–H and O–H groups in total. The minimum Gasteiger partial charge on any atom is -0.394 e. The highest BCUT2D eigenvalue weighted by Gasteiger charge is 2.24. The van der Waals surface area contributed by atoms with Gasteiger partial charge in [0.05, 0.1) is 12.6 Å². The molecular weight excluding hydrogens is 358 g/mol. The molecule has 0 aliphatic carbocycles. The number of piperidine rings is 1. The first-order chi connectivity index (χ1) is 13.8. The van der Waals surface area contributed by atoms with E-state index in [9.17, 15) is 9.90 Å². The van der Waals surface area contributed by atoms with Crippen LogP contribution < -0.4 is 0 Å². The second kappa shape index (κ2) is 14.4. The van der Waals surface area contributed by atoms with Gasteiger partial charge in [0.2, 0.25) is 5.91 Å². The summed E-state index contributed by atoms with van der Waals surface area (Å²) in [5.74, 6) is 0.0654. The van der Waals surface area contributed by atoms with Crippen molar-refractivity contribution in [1.82, 2.24) is 4.90 Å². The number of allylic oxidation sites excluding steroid dienone is 7. The summed E-state index contributed by atoms with van der Waals surface area (Å²) in [6.07, 6.45) is 18.2. The highest BCUT2D eigenvalue weighted by atomic mass is 16.3. The number of amides is 1. The molecule has 1 amide bonds. The van der Waals surface area contributed by atoms with E-state index in [0.29, 0.717) is 0 Å². The maximum Gasteiger partial charge on any atom is 0.246 e. The number of aliphatic hydroxyl groups is 1. The summed E-state index contributed by atoms with van der Waals surface area (Å²) in [7, 11) is 0. The molecule has 1 fully saturated rings. The van der Waals surface area contributed by atoms with E-state index in [1.807, 2.05) is 11.8 Å². The number of aliphatic hydroxyl groups excluding tert-OH is 1. The van der Waals surface area contributed by atoms with Crippen molar-refractivity contribution >= 4 is 5.91 Å². The smallest absolute Gasteiger partial charge is 0.246 e. The first-order valence-corrected chi connectivity index (χ1v) is 11.4. The second-order valence-corrected chi connectivity index (χ2v) is 8.85. The molecule has 0 bridgehead atoms. The van der Waals surface area contributed by atoms with Crippen LogP contribution in [0.25, 0.3) is 0 Å². The predicted octanol–water partition coefficient (Wildman–Crippen LogP) is 6.51. The maximum atomic E-state index is 12.5. The van der Waals surface area contributed by atoms with Crippen molar-refractivity contribution in [3.8, 4) is 0 Å². The Bertz CT molecular complexity index is 621. The molecule has 1 atom stereocenters. The summed E-state index contributed by atoms with van der Waals surface area (Å²) in [5.41, 5.74) is 5.42. The van der Waals surface area contributed by atoms with Crippen LogP contribution in [0.1, 0.15) is 92.4 Å². The Hall–Kier alpha value is -1.61. The molecule has 29 heavy (non-hydrogen) atoms. The molecule has 1 unspecified atom stereocenters. The van der Waals surface area contributed by atoms with E-state index in [-0.39, 0.29) is 18.6 Å². The molecule has 0 radical (unpaired) electrons. The van der Waals surface area contributed by atoms with Crippen molar-refractivity contribution in [2.24, 2.45) is 0 Å². The summed E-state index contributed by atoms with van der Waals surface area (Å²) in [4.78, 5) is 14.4. The predicted molar refractivity (Wildman–Crippen MR) is 125 cm³/mol. The zero-order valence-corrected chi connectivity index (χ0v) is 19.5. The summed E-state index contributed by atoms with van der Waals surface area (Å²) in [5, 5.41) is 9.49. The zero-order chi connectivity index (χ0) is 21.6. The molecule has 1 rings (SSSR count). The first-order valence-electron chi connectivity index (χ1n) is 11.4. The summed E-state index contributed by atoms with van der Waals surface area (Å²) < 4.78 is 0. The zero-order valence-electron chi connectivity index (χ0n) is 19.5. The van der Waals surface area contributed by atoms with E-state index in [2.05, 4.69) is 45.9 Å². The fourth-order valence-electron chi connectivity index (χ4n) is 3.73. The van der Waals surface area contributed by atoms with Gasteiger partial charge in [-0.05, 0) is 92.4 Å². The normalized spacial score (nSPS) is 18.8. The van der Waals surface area contributed by atoms with Crippen molar-refractivity contribution in [2.75, 3.05) is 13.2 Å². The lowest BCUT2D eigenvalue weighted by Crippen LogP contribution is -2.45. The van der Waals surface area contributed by atoms with Crippen LogP contribution in [0.15, 0.2) is 46.6 Å². The lowest BCUT2D eigenvalue weighted by atomic mass is 10.0. The SMILES string of the molecule is CC(C)=CCCC(C)=CCCC(C)=CCCC(C)=CC(=O)N1CCCCC1CO. The monoisotopic (exact) mass is 401 g/mol. The van der Waals surface area contributed by atoms with Crippen LogP contribution in [-0.4, -0.2) is 35.1 Å². The first kappa shape index (κ1) is 25.4. The summed E-state index contributed by atoms with van der Waals surface area (Å²) >= 11 is 0. The third kappa shape index (κ3) is 11.2. The topological polar surface area (TPSA) is 40.5 Å². The third-order valence-corrected chi connectivity index (χ3v) is 5.65. The molecule has 0 spiro atoms. The van der Waals surface area contributed by atoms with Gasteiger partial charge < -0.3 is 10.0 Å². The molecule has 0 aromatic rings. The Morgan fingerprint density at radius 3 is 1.97 bits per heavy atom. The maximum absolute atomic E-state index is 12.5. The highest BCUT2D eigenvalue weighted by molar-refractivity contribution is 5.88. The Morgan fingerprint density at radius 2 is 1.41 bits per heavy atom. The van der Waals surface area contributed by atoms with E-state index in [4.69, 9.17) is 0 Å². The van der Waals surface area contributed by atoms with Gasteiger partial charge in [-0.15, -0.1) is 0 Å². The standard InChI is InChI=1S/C26H43NO2/c1-21(2)11-8-12-22(3)13-9-14-23(4)15-10-16-24(5)19-26(29)27-18-7-6-17-25(27)20-28/h11,13,15,19,25,28H,6-10,12,14,16-18,20H2,1-5H3. The van der Waals surface area contributed by atoms with Gasteiger partial charge in [-0.2, -0.15) is 0 Å². The number of hydrogen-bond acceptors (Lipinski definition) is 2. The van der Waals surface area contributed by atoms with E-state index in [0.717, 1.165) is 69.9 Å². The lowest BCUT2D eigenvalue weighted by molar-refractivity contribution is -0.130. The summed E-state index contributed by atoms with van der Waals surface area (Å²) in [6, 6.07) is 0.000898. The van der Waals surface area contributed by atoms with E-state index in [1.165, 1.54) is 16.7 Å². The molecule has 0 aromatic carbocycles. The van der Waals surface area contributed by atoms with Crippen LogP contribution in [0.2, 0.25) is 0 Å². The summed E-state index contributed by atoms with van der Waals surface area (Å²) in [6.45, 7) is 11.6. The van der Waals surface area contributed by atoms with Gasteiger partial charge in [0.15, 0.2) is 0 Å². The van der Waals surface area contributed by atoms with Gasteiger partial charge in [0.25, 0.3) is 0 Å². The molecular formula is C26H43NO2. The van der Waals surface area contributed by atoms with Crippen LogP contribution in [0, 0.1) is 0 Å². The van der Waals surface area contributed by atoms with Crippen LogP contribution in [0.3, 0.4) is 0 Å². The number of nitrogens with zero attached hydrogens (tertiary/aromatic N) is 1. The Balaban J connectivity index is 2.36. The van der Waals surface area contributed by atoms with Gasteiger partial charge in [-0.25, -0.2) is 0 Å². The average Bonchev–Trinajstić information content (AvgIpc) is 2.67. The molecule has 1 saturated heterocycles. The van der Waals surface area contributed by atoms with Crippen molar-refractivity contribution in [3.63, 3.8) is 0 Å². The Morgan fingerprint density at radius 1 is 0.862 bits per heavy atom. The molecule has 0 aromatic heterocycles. The quantitative estimate of drug-likeness (QED) is 0.317. The molecule has 3 heteroatoms. The minimum atomic E-state index is 0.000898. The van der Waals surface area contributed by atoms with Gasteiger partial charge in [0.1, 0.15) is 0 Å². The molecule has 1 heterocycles. The fourth-order valence-corrected chi connectivity index (χ4v) is 3.73. The van der Waals surface area contributed by atoms with E-state index in [1.54, 1.807) is 6.08 Å². The number of likely N-dealkylation sites (tertiary alicyclic amines) is 1. The number of rotatable bonds is 11. The fraction of sp³-hybridized carbons (Fsp3) is 0.654. The molecule has 1 aliphatic heterocycles. The van der Waals surface area contributed by atoms with Crippen molar-refractivity contribution in [3.05, 3.63) is 46.6 Å². The number of carbonyl (C=O) groups is 1. The van der Waals surface area contributed by atoms with Crippen molar-refractivity contribution < 1.29 is 9.90 Å². The van der Waals surface area contributed by atoms with Gasteiger partial charge in [-0.1, -0.05) is 40.5 Å². The van der Waals surface area contributed by atoms with Crippen LogP contribution >= 0.6 is 0 Å². The van der Waals surface area contributed by atoms with Gasteiger partial charge in [0, 0.05) is 12.6 Å². The molecule has 0 saturated carbocycles. The minimum absolute atomic E-state index is 0.000898. The van der Waals surface area contributed by atoms with Crippen LogP contribution in [0.5, 0.6) is 0 Å². The Labute approximate surface area is 179 Å². The van der Waals surface area contributed by atoms with Crippen molar-refractivity contribution in [1.29, 1.82) is 0 Å². The third-order valence-electron chi connectivity index (χ3n) is 5.65. The largest absolute Gasteiger partial charge is 0.394 e. The Kier molecular flexibility index (Phi) is 12.6. The van der Waals surface area contributed by atoms with E-state index < -0.39 is 0 Å². The second-order valence-electron chi connectivity index (χ2n) is 8.85. The molecule has 3 nitrogen and oxygen atoms in total. The average molecular weight is 402 g/mol.